The lowest BCUT2D eigenvalue weighted by molar-refractivity contribution is 0.0945. The van der Waals surface area contributed by atoms with Gasteiger partial charge in [-0.15, -0.1) is 4.83 Å². The number of benzene rings is 2. The molecular formula is C13H9Cl2FN2O3S. The van der Waals surface area contributed by atoms with E-state index in [0.29, 0.717) is 0 Å². The molecule has 116 valence electrons. The van der Waals surface area contributed by atoms with E-state index in [-0.39, 0.29) is 15.6 Å². The Balaban J connectivity index is 2.17. The van der Waals surface area contributed by atoms with Crippen molar-refractivity contribution in [2.24, 2.45) is 0 Å². The molecule has 0 bridgehead atoms. The first-order chi connectivity index (χ1) is 10.3. The monoisotopic (exact) mass is 362 g/mol. The lowest BCUT2D eigenvalue weighted by atomic mass is 10.2. The van der Waals surface area contributed by atoms with Crippen LogP contribution in [0.15, 0.2) is 47.4 Å². The largest absolute Gasteiger partial charge is 0.273 e. The van der Waals surface area contributed by atoms with E-state index in [1.165, 1.54) is 18.2 Å². The third-order valence-corrected chi connectivity index (χ3v) is 4.45. The van der Waals surface area contributed by atoms with Crippen LogP contribution >= 0.6 is 23.2 Å². The van der Waals surface area contributed by atoms with Crippen LogP contribution in [0, 0.1) is 5.82 Å². The van der Waals surface area contributed by atoms with Gasteiger partial charge in [-0.3, -0.25) is 10.2 Å². The molecule has 2 N–H and O–H groups in total. The summed E-state index contributed by atoms with van der Waals surface area (Å²) >= 11 is 11.4. The van der Waals surface area contributed by atoms with Crippen LogP contribution in [0.3, 0.4) is 0 Å². The number of sulfonamides is 1. The van der Waals surface area contributed by atoms with Crippen molar-refractivity contribution in [3.63, 3.8) is 0 Å². The van der Waals surface area contributed by atoms with E-state index in [4.69, 9.17) is 23.2 Å². The van der Waals surface area contributed by atoms with Crippen LogP contribution in [-0.4, -0.2) is 14.3 Å². The van der Waals surface area contributed by atoms with Gasteiger partial charge in [-0.1, -0.05) is 35.3 Å². The highest BCUT2D eigenvalue weighted by atomic mass is 35.5. The number of hydrogen-bond acceptors (Lipinski definition) is 3. The molecule has 0 spiro atoms. The molecule has 22 heavy (non-hydrogen) atoms. The van der Waals surface area contributed by atoms with E-state index < -0.39 is 26.6 Å². The van der Waals surface area contributed by atoms with Gasteiger partial charge in [-0.25, -0.2) is 12.8 Å². The number of halogens is 3. The standard InChI is InChI=1S/C13H9Cl2FN2O3S/c14-8-5-6-12(11(16)7-8)22(20,21)18-17-13(19)9-3-1-2-4-10(9)15/h1-7,18H,(H,17,19). The van der Waals surface area contributed by atoms with Crippen molar-refractivity contribution in [2.75, 3.05) is 0 Å². The Bertz CT molecular complexity index is 828. The fourth-order valence-corrected chi connectivity index (χ4v) is 2.85. The number of hydrazine groups is 1. The lowest BCUT2D eigenvalue weighted by Gasteiger charge is -2.10. The molecule has 2 aromatic carbocycles. The summed E-state index contributed by atoms with van der Waals surface area (Å²) in [5.41, 5.74) is 2.03. The molecule has 2 aromatic rings. The first kappa shape index (κ1) is 16.7. The molecule has 0 saturated carbocycles. The van der Waals surface area contributed by atoms with Gasteiger partial charge in [0.25, 0.3) is 15.9 Å². The van der Waals surface area contributed by atoms with Gasteiger partial charge in [0.1, 0.15) is 10.7 Å². The predicted octanol–water partition coefficient (Wildman–Crippen LogP) is 2.76. The summed E-state index contributed by atoms with van der Waals surface area (Å²) in [4.78, 5) is 13.0. The molecule has 5 nitrogen and oxygen atoms in total. The van der Waals surface area contributed by atoms with Gasteiger partial charge in [0.15, 0.2) is 0 Å². The second kappa shape index (κ2) is 6.62. The number of carbonyl (C=O) groups excluding carboxylic acids is 1. The maximum absolute atomic E-state index is 13.6. The minimum atomic E-state index is -4.28. The Kier molecular flexibility index (Phi) is 5.02. The summed E-state index contributed by atoms with van der Waals surface area (Å²) in [5.74, 6) is -1.81. The Labute approximate surface area is 136 Å². The predicted molar refractivity (Wildman–Crippen MR) is 80.6 cm³/mol. The molecule has 0 aromatic heterocycles. The lowest BCUT2D eigenvalue weighted by Crippen LogP contribution is -2.41. The fourth-order valence-electron chi connectivity index (χ4n) is 1.57. The van der Waals surface area contributed by atoms with Crippen molar-refractivity contribution >= 4 is 39.1 Å². The molecule has 0 aliphatic rings. The Morgan fingerprint density at radius 1 is 1.09 bits per heavy atom. The van der Waals surface area contributed by atoms with Crippen molar-refractivity contribution in [3.8, 4) is 0 Å². The fraction of sp³-hybridized carbons (Fsp3) is 0. The number of rotatable bonds is 4. The molecule has 0 heterocycles. The summed E-state index contributed by atoms with van der Waals surface area (Å²) in [6.07, 6.45) is 0. The van der Waals surface area contributed by atoms with E-state index in [0.717, 1.165) is 12.1 Å². The maximum atomic E-state index is 13.6. The van der Waals surface area contributed by atoms with E-state index in [1.54, 1.807) is 17.0 Å². The van der Waals surface area contributed by atoms with Gasteiger partial charge in [0.2, 0.25) is 0 Å². The van der Waals surface area contributed by atoms with Crippen molar-refractivity contribution in [1.82, 2.24) is 10.3 Å². The summed E-state index contributed by atoms with van der Waals surface area (Å²) in [7, 11) is -4.28. The zero-order chi connectivity index (χ0) is 16.3. The number of hydrogen-bond donors (Lipinski definition) is 2. The van der Waals surface area contributed by atoms with Crippen molar-refractivity contribution in [3.05, 3.63) is 63.9 Å². The van der Waals surface area contributed by atoms with Crippen molar-refractivity contribution in [2.45, 2.75) is 4.90 Å². The number of carbonyl (C=O) groups is 1. The average molecular weight is 363 g/mol. The molecule has 9 heteroatoms. The van der Waals surface area contributed by atoms with Gasteiger partial charge in [0, 0.05) is 5.02 Å². The molecule has 0 aliphatic heterocycles. The van der Waals surface area contributed by atoms with Crippen LogP contribution in [0.2, 0.25) is 10.0 Å². The van der Waals surface area contributed by atoms with E-state index in [2.05, 4.69) is 0 Å². The van der Waals surface area contributed by atoms with Crippen LogP contribution in [0.5, 0.6) is 0 Å². The van der Waals surface area contributed by atoms with Crippen LogP contribution in [0.25, 0.3) is 0 Å². The van der Waals surface area contributed by atoms with Crippen molar-refractivity contribution < 1.29 is 17.6 Å². The topological polar surface area (TPSA) is 75.3 Å². The first-order valence-corrected chi connectivity index (χ1v) is 8.07. The summed E-state index contributed by atoms with van der Waals surface area (Å²) < 4.78 is 37.5. The van der Waals surface area contributed by atoms with Crippen LogP contribution in [0.4, 0.5) is 4.39 Å². The van der Waals surface area contributed by atoms with Crippen molar-refractivity contribution in [1.29, 1.82) is 0 Å². The molecule has 0 radical (unpaired) electrons. The van der Waals surface area contributed by atoms with Gasteiger partial charge in [0.05, 0.1) is 10.6 Å². The van der Waals surface area contributed by atoms with E-state index in [1.807, 2.05) is 5.43 Å². The van der Waals surface area contributed by atoms with Gasteiger partial charge >= 0.3 is 0 Å². The van der Waals surface area contributed by atoms with Gasteiger partial charge in [-0.2, -0.15) is 0 Å². The van der Waals surface area contributed by atoms with Gasteiger partial charge < -0.3 is 0 Å². The average Bonchev–Trinajstić information content (AvgIpc) is 2.45. The third-order valence-electron chi connectivity index (χ3n) is 2.60. The highest BCUT2D eigenvalue weighted by Crippen LogP contribution is 2.19. The zero-order valence-corrected chi connectivity index (χ0v) is 13.1. The quantitative estimate of drug-likeness (QED) is 0.821. The first-order valence-electron chi connectivity index (χ1n) is 5.83. The van der Waals surface area contributed by atoms with E-state index in [9.17, 15) is 17.6 Å². The second-order valence-electron chi connectivity index (χ2n) is 4.11. The molecule has 0 aliphatic carbocycles. The summed E-state index contributed by atoms with van der Waals surface area (Å²) in [6.45, 7) is 0. The van der Waals surface area contributed by atoms with Gasteiger partial charge in [-0.05, 0) is 30.3 Å². The molecule has 0 unspecified atom stereocenters. The molecule has 1 amide bonds. The highest BCUT2D eigenvalue weighted by molar-refractivity contribution is 7.89. The minimum absolute atomic E-state index is 0.0524. The zero-order valence-electron chi connectivity index (χ0n) is 10.8. The Morgan fingerprint density at radius 3 is 2.41 bits per heavy atom. The molecule has 0 fully saturated rings. The SMILES string of the molecule is O=C(NNS(=O)(=O)c1ccc(Cl)cc1F)c1ccccc1Cl. The molecule has 0 saturated heterocycles. The summed E-state index contributed by atoms with van der Waals surface area (Å²) in [5, 5.41) is 0.202. The number of nitrogens with one attached hydrogen (secondary N) is 2. The Hall–Kier alpha value is -1.67. The van der Waals surface area contributed by atoms with Crippen LogP contribution in [0.1, 0.15) is 10.4 Å². The second-order valence-corrected chi connectivity index (χ2v) is 6.61. The summed E-state index contributed by atoms with van der Waals surface area (Å²) in [6, 6.07) is 9.13. The smallest absolute Gasteiger partial charge is 0.267 e. The number of amides is 1. The highest BCUT2D eigenvalue weighted by Gasteiger charge is 2.20. The van der Waals surface area contributed by atoms with Crippen LogP contribution in [-0.2, 0) is 10.0 Å². The van der Waals surface area contributed by atoms with E-state index >= 15 is 0 Å². The van der Waals surface area contributed by atoms with Crippen LogP contribution < -0.4 is 10.3 Å². The third kappa shape index (κ3) is 3.75. The normalized spacial score (nSPS) is 11.2. The maximum Gasteiger partial charge on any atom is 0.267 e. The Morgan fingerprint density at radius 2 is 1.77 bits per heavy atom. The molecule has 2 rings (SSSR count). The molecule has 0 atom stereocenters. The minimum Gasteiger partial charge on any atom is -0.273 e. The molecular weight excluding hydrogens is 354 g/mol.